The quantitative estimate of drug-likeness (QED) is 0.817. The summed E-state index contributed by atoms with van der Waals surface area (Å²) in [6, 6.07) is 0. The highest BCUT2D eigenvalue weighted by Gasteiger charge is 2.19. The lowest BCUT2D eigenvalue weighted by Crippen LogP contribution is -2.41. The Morgan fingerprint density at radius 2 is 1.95 bits per heavy atom. The number of likely N-dealkylation sites (tertiary alicyclic amines) is 1. The zero-order valence-corrected chi connectivity index (χ0v) is 14.5. The lowest BCUT2D eigenvalue weighted by atomic mass is 9.99. The van der Waals surface area contributed by atoms with Crippen molar-refractivity contribution in [3.05, 3.63) is 0 Å². The van der Waals surface area contributed by atoms with E-state index in [1.807, 2.05) is 34.6 Å². The van der Waals surface area contributed by atoms with Crippen molar-refractivity contribution >= 4 is 5.91 Å². The summed E-state index contributed by atoms with van der Waals surface area (Å²) in [5.74, 6) is 0.811. The Balaban J connectivity index is 0. The number of nitrogens with one attached hydrogen (secondary N) is 1. The molecule has 4 heteroatoms. The zero-order chi connectivity index (χ0) is 15.8. The van der Waals surface area contributed by atoms with Crippen molar-refractivity contribution in [3.63, 3.8) is 0 Å². The molecule has 1 unspecified atom stereocenters. The van der Waals surface area contributed by atoms with E-state index >= 15 is 0 Å². The molecule has 1 saturated heterocycles. The van der Waals surface area contributed by atoms with Crippen LogP contribution in [0.2, 0.25) is 0 Å². The first-order valence-electron chi connectivity index (χ1n) is 8.24. The molecule has 1 N–H and O–H groups in total. The lowest BCUT2D eigenvalue weighted by molar-refractivity contribution is -0.120. The minimum absolute atomic E-state index is 0.144. The molecule has 0 spiro atoms. The van der Waals surface area contributed by atoms with Crippen LogP contribution >= 0.6 is 0 Å². The monoisotopic (exact) mass is 288 g/mol. The summed E-state index contributed by atoms with van der Waals surface area (Å²) < 4.78 is 5.19. The average Bonchev–Trinajstić information content (AvgIpc) is 2.52. The molecular formula is C16H36N2O2. The third kappa shape index (κ3) is 11.2. The standard InChI is InChI=1S/C12H24N2O2.2C2H6/c1-3-12(15)13-6-8-14-7-4-5-11(9-14)10-16-2;2*1-2/h11H,3-10H2,1-2H3,(H,13,15);2*1-2H3. The molecule has 1 heterocycles. The van der Waals surface area contributed by atoms with Gasteiger partial charge in [0.1, 0.15) is 0 Å². The van der Waals surface area contributed by atoms with E-state index in [0.29, 0.717) is 12.3 Å². The van der Waals surface area contributed by atoms with Crippen LogP contribution in [-0.4, -0.2) is 50.7 Å². The van der Waals surface area contributed by atoms with Crippen LogP contribution in [0.4, 0.5) is 0 Å². The summed E-state index contributed by atoms with van der Waals surface area (Å²) in [5.41, 5.74) is 0. The Labute approximate surface area is 126 Å². The van der Waals surface area contributed by atoms with Gasteiger partial charge in [-0.15, -0.1) is 0 Å². The van der Waals surface area contributed by atoms with Crippen LogP contribution in [0, 0.1) is 5.92 Å². The predicted molar refractivity (Wildman–Crippen MR) is 87.0 cm³/mol. The average molecular weight is 288 g/mol. The molecule has 0 bridgehead atoms. The van der Waals surface area contributed by atoms with E-state index in [0.717, 1.165) is 32.8 Å². The second kappa shape index (κ2) is 16.4. The largest absolute Gasteiger partial charge is 0.384 e. The number of nitrogens with zero attached hydrogens (tertiary/aromatic N) is 1. The van der Waals surface area contributed by atoms with Crippen molar-refractivity contribution in [2.75, 3.05) is 39.9 Å². The molecule has 1 rings (SSSR count). The van der Waals surface area contributed by atoms with Crippen LogP contribution in [0.3, 0.4) is 0 Å². The number of rotatable bonds is 6. The van der Waals surface area contributed by atoms with E-state index in [4.69, 9.17) is 4.74 Å². The van der Waals surface area contributed by atoms with Gasteiger partial charge in [0.05, 0.1) is 6.61 Å². The number of piperidine rings is 1. The van der Waals surface area contributed by atoms with E-state index in [-0.39, 0.29) is 5.91 Å². The lowest BCUT2D eigenvalue weighted by Gasteiger charge is -2.32. The van der Waals surface area contributed by atoms with Crippen molar-refractivity contribution in [1.82, 2.24) is 10.2 Å². The number of amides is 1. The molecule has 1 atom stereocenters. The van der Waals surface area contributed by atoms with Crippen molar-refractivity contribution in [2.24, 2.45) is 5.92 Å². The van der Waals surface area contributed by atoms with Crippen molar-refractivity contribution in [3.8, 4) is 0 Å². The van der Waals surface area contributed by atoms with Crippen molar-refractivity contribution in [1.29, 1.82) is 0 Å². The third-order valence-electron chi connectivity index (χ3n) is 3.08. The fourth-order valence-corrected chi connectivity index (χ4v) is 2.20. The minimum atomic E-state index is 0.144. The van der Waals surface area contributed by atoms with Gasteiger partial charge < -0.3 is 15.0 Å². The first-order valence-corrected chi connectivity index (χ1v) is 8.24. The van der Waals surface area contributed by atoms with Gasteiger partial charge in [-0.3, -0.25) is 4.79 Å². The molecule has 0 aromatic carbocycles. The molecule has 1 fully saturated rings. The number of hydrogen-bond acceptors (Lipinski definition) is 3. The molecule has 0 saturated carbocycles. The Morgan fingerprint density at radius 1 is 1.30 bits per heavy atom. The van der Waals surface area contributed by atoms with E-state index in [1.165, 1.54) is 12.8 Å². The number of hydrogen-bond donors (Lipinski definition) is 1. The number of methoxy groups -OCH3 is 1. The molecule has 20 heavy (non-hydrogen) atoms. The highest BCUT2D eigenvalue weighted by molar-refractivity contribution is 5.75. The predicted octanol–water partition coefficient (Wildman–Crippen LogP) is 2.92. The number of carbonyl (C=O) groups excluding carboxylic acids is 1. The Hall–Kier alpha value is -0.610. The summed E-state index contributed by atoms with van der Waals surface area (Å²) in [5, 5.41) is 2.91. The maximum absolute atomic E-state index is 11.1. The summed E-state index contributed by atoms with van der Waals surface area (Å²) in [6.07, 6.45) is 3.09. The molecule has 1 aliphatic rings. The normalized spacial score (nSPS) is 18.2. The molecule has 0 aliphatic carbocycles. The van der Waals surface area contributed by atoms with Crippen LogP contribution in [0.15, 0.2) is 0 Å². The van der Waals surface area contributed by atoms with Gasteiger partial charge in [0.15, 0.2) is 0 Å². The van der Waals surface area contributed by atoms with Gasteiger partial charge in [-0.05, 0) is 25.3 Å². The number of carbonyl (C=O) groups is 1. The Kier molecular flexibility index (Phi) is 17.8. The first kappa shape index (κ1) is 21.7. The Morgan fingerprint density at radius 3 is 2.50 bits per heavy atom. The molecule has 4 nitrogen and oxygen atoms in total. The van der Waals surface area contributed by atoms with Gasteiger partial charge in [0.2, 0.25) is 5.91 Å². The molecule has 1 aliphatic heterocycles. The summed E-state index contributed by atoms with van der Waals surface area (Å²) in [6.45, 7) is 14.7. The SMILES string of the molecule is CC.CC.CCC(=O)NCCN1CCCC(COC)C1. The first-order chi connectivity index (χ1) is 9.76. The van der Waals surface area contributed by atoms with Gasteiger partial charge in [-0.1, -0.05) is 34.6 Å². The van der Waals surface area contributed by atoms with E-state index in [2.05, 4.69) is 10.2 Å². The fourth-order valence-electron chi connectivity index (χ4n) is 2.20. The van der Waals surface area contributed by atoms with Gasteiger partial charge in [-0.25, -0.2) is 0 Å². The van der Waals surface area contributed by atoms with Gasteiger partial charge >= 0.3 is 0 Å². The molecule has 122 valence electrons. The molecule has 1 amide bonds. The molecular weight excluding hydrogens is 252 g/mol. The van der Waals surface area contributed by atoms with Crippen LogP contribution in [-0.2, 0) is 9.53 Å². The van der Waals surface area contributed by atoms with E-state index in [1.54, 1.807) is 7.11 Å². The second-order valence-electron chi connectivity index (χ2n) is 4.47. The van der Waals surface area contributed by atoms with E-state index in [9.17, 15) is 4.79 Å². The Bertz CT molecular complexity index is 209. The summed E-state index contributed by atoms with van der Waals surface area (Å²) >= 11 is 0. The van der Waals surface area contributed by atoms with Crippen LogP contribution in [0.1, 0.15) is 53.9 Å². The van der Waals surface area contributed by atoms with Crippen LogP contribution < -0.4 is 5.32 Å². The smallest absolute Gasteiger partial charge is 0.219 e. The topological polar surface area (TPSA) is 41.6 Å². The van der Waals surface area contributed by atoms with Crippen molar-refractivity contribution < 1.29 is 9.53 Å². The van der Waals surface area contributed by atoms with Gasteiger partial charge in [-0.2, -0.15) is 0 Å². The maximum atomic E-state index is 11.1. The minimum Gasteiger partial charge on any atom is -0.384 e. The van der Waals surface area contributed by atoms with Crippen LogP contribution in [0.25, 0.3) is 0 Å². The molecule has 0 aromatic rings. The highest BCUT2D eigenvalue weighted by atomic mass is 16.5. The molecule has 0 radical (unpaired) electrons. The van der Waals surface area contributed by atoms with Gasteiger partial charge in [0.25, 0.3) is 0 Å². The zero-order valence-electron chi connectivity index (χ0n) is 14.5. The van der Waals surface area contributed by atoms with Crippen LogP contribution in [0.5, 0.6) is 0 Å². The second-order valence-corrected chi connectivity index (χ2v) is 4.47. The molecule has 0 aromatic heterocycles. The third-order valence-corrected chi connectivity index (χ3v) is 3.08. The fraction of sp³-hybridized carbons (Fsp3) is 0.938. The van der Waals surface area contributed by atoms with Gasteiger partial charge in [0, 0.05) is 33.2 Å². The maximum Gasteiger partial charge on any atom is 0.219 e. The summed E-state index contributed by atoms with van der Waals surface area (Å²) in [7, 11) is 1.76. The van der Waals surface area contributed by atoms with E-state index < -0.39 is 0 Å². The highest BCUT2D eigenvalue weighted by Crippen LogP contribution is 2.15. The number of ether oxygens (including phenoxy) is 1. The van der Waals surface area contributed by atoms with Crippen molar-refractivity contribution in [2.45, 2.75) is 53.9 Å². The summed E-state index contributed by atoms with van der Waals surface area (Å²) in [4.78, 5) is 13.5.